The van der Waals surface area contributed by atoms with Crippen LogP contribution in [-0.2, 0) is 17.8 Å². The van der Waals surface area contributed by atoms with Crippen LogP contribution in [0.25, 0.3) is 22.0 Å². The van der Waals surface area contributed by atoms with Gasteiger partial charge >= 0.3 is 0 Å². The van der Waals surface area contributed by atoms with Gasteiger partial charge in [0.1, 0.15) is 11.4 Å². The van der Waals surface area contributed by atoms with Crippen LogP contribution in [0.4, 0.5) is 0 Å². The lowest BCUT2D eigenvalue weighted by Gasteiger charge is -2.08. The Morgan fingerprint density at radius 3 is 2.81 bits per heavy atom. The van der Waals surface area contributed by atoms with Crippen LogP contribution in [0, 0.1) is 20.8 Å². The molecule has 0 atom stereocenters. The molecule has 0 bridgehead atoms. The van der Waals surface area contributed by atoms with E-state index in [2.05, 4.69) is 33.9 Å². The van der Waals surface area contributed by atoms with Crippen LogP contribution in [0.2, 0.25) is 0 Å². The second-order valence-corrected chi connectivity index (χ2v) is 6.97. The molecule has 5 heteroatoms. The maximum absolute atomic E-state index is 12.4. The fourth-order valence-electron chi connectivity index (χ4n) is 3.55. The van der Waals surface area contributed by atoms with Crippen LogP contribution in [0.1, 0.15) is 22.5 Å². The van der Waals surface area contributed by atoms with E-state index in [0.29, 0.717) is 19.5 Å². The van der Waals surface area contributed by atoms with Crippen LogP contribution in [0.3, 0.4) is 0 Å². The predicted molar refractivity (Wildman–Crippen MR) is 107 cm³/mol. The van der Waals surface area contributed by atoms with Crippen molar-refractivity contribution in [3.63, 3.8) is 0 Å². The number of benzene rings is 2. The molecule has 0 saturated carbocycles. The number of fused-ring (bicyclic) bond motifs is 2. The number of para-hydroxylation sites is 2. The Morgan fingerprint density at radius 2 is 1.96 bits per heavy atom. The number of aromatic nitrogens is 2. The number of imidazole rings is 1. The topological polar surface area (TPSA) is 60.1 Å². The van der Waals surface area contributed by atoms with Crippen molar-refractivity contribution in [2.45, 2.75) is 33.7 Å². The number of hydrogen-bond acceptors (Lipinski definition) is 3. The number of furan rings is 1. The van der Waals surface area contributed by atoms with E-state index < -0.39 is 0 Å². The van der Waals surface area contributed by atoms with E-state index in [1.165, 1.54) is 5.56 Å². The summed E-state index contributed by atoms with van der Waals surface area (Å²) in [5.41, 5.74) is 6.19. The molecule has 0 saturated heterocycles. The molecule has 5 nitrogen and oxygen atoms in total. The highest BCUT2D eigenvalue weighted by atomic mass is 16.3. The molecular formula is C22H23N3O2. The molecule has 0 aliphatic carbocycles. The van der Waals surface area contributed by atoms with Gasteiger partial charge in [0.15, 0.2) is 0 Å². The molecule has 0 radical (unpaired) electrons. The van der Waals surface area contributed by atoms with Gasteiger partial charge in [-0.25, -0.2) is 4.98 Å². The first-order valence-corrected chi connectivity index (χ1v) is 9.19. The standard InChI is InChI=1S/C22H23N3O2/c1-14-8-9-18-17(13-27-22(18)15(14)2)12-21(26)23-10-11-25-16(3)24-19-6-4-5-7-20(19)25/h4-9,13H,10-12H2,1-3H3,(H,23,26). The van der Waals surface area contributed by atoms with Gasteiger partial charge in [-0.3, -0.25) is 4.79 Å². The van der Waals surface area contributed by atoms with Crippen LogP contribution in [-0.4, -0.2) is 22.0 Å². The summed E-state index contributed by atoms with van der Waals surface area (Å²) >= 11 is 0. The van der Waals surface area contributed by atoms with Gasteiger partial charge in [0.05, 0.1) is 23.7 Å². The third-order valence-corrected chi connectivity index (χ3v) is 5.20. The van der Waals surface area contributed by atoms with Crippen LogP contribution >= 0.6 is 0 Å². The zero-order valence-electron chi connectivity index (χ0n) is 15.9. The van der Waals surface area contributed by atoms with Gasteiger partial charge in [0.2, 0.25) is 5.91 Å². The van der Waals surface area contributed by atoms with Gasteiger partial charge in [0.25, 0.3) is 0 Å². The van der Waals surface area contributed by atoms with E-state index >= 15 is 0 Å². The molecule has 2 aromatic carbocycles. The number of carbonyl (C=O) groups excluding carboxylic acids is 1. The molecule has 0 spiro atoms. The van der Waals surface area contributed by atoms with Crippen LogP contribution < -0.4 is 5.32 Å². The van der Waals surface area contributed by atoms with Gasteiger partial charge in [0, 0.05) is 24.0 Å². The fraction of sp³-hybridized carbons (Fsp3) is 0.273. The van der Waals surface area contributed by atoms with Crippen molar-refractivity contribution in [3.8, 4) is 0 Å². The van der Waals surface area contributed by atoms with Gasteiger partial charge in [-0.05, 0) is 44.0 Å². The minimum Gasteiger partial charge on any atom is -0.464 e. The summed E-state index contributed by atoms with van der Waals surface area (Å²) in [6.45, 7) is 7.36. The number of nitrogens with one attached hydrogen (secondary N) is 1. The quantitative estimate of drug-likeness (QED) is 0.583. The molecule has 4 aromatic rings. The van der Waals surface area contributed by atoms with E-state index in [4.69, 9.17) is 4.42 Å². The van der Waals surface area contributed by atoms with Crippen molar-refractivity contribution in [1.82, 2.24) is 14.9 Å². The second kappa shape index (κ2) is 6.91. The Bertz CT molecular complexity index is 1140. The molecule has 0 aliphatic rings. The van der Waals surface area contributed by atoms with Crippen molar-refractivity contribution in [1.29, 1.82) is 0 Å². The number of amides is 1. The molecule has 2 aromatic heterocycles. The molecule has 138 valence electrons. The molecule has 0 fully saturated rings. The fourth-order valence-corrected chi connectivity index (χ4v) is 3.55. The number of rotatable bonds is 5. The highest BCUT2D eigenvalue weighted by Gasteiger charge is 2.13. The van der Waals surface area contributed by atoms with Crippen LogP contribution in [0.15, 0.2) is 47.1 Å². The van der Waals surface area contributed by atoms with Crippen LogP contribution in [0.5, 0.6) is 0 Å². The number of carbonyl (C=O) groups is 1. The molecule has 0 aliphatic heterocycles. The van der Waals surface area contributed by atoms with E-state index in [0.717, 1.165) is 39.0 Å². The number of aryl methyl sites for hydroxylation is 3. The summed E-state index contributed by atoms with van der Waals surface area (Å²) in [4.78, 5) is 17.0. The predicted octanol–water partition coefficient (Wildman–Crippen LogP) is 4.07. The minimum absolute atomic E-state index is 0.00185. The second-order valence-electron chi connectivity index (χ2n) is 6.97. The monoisotopic (exact) mass is 361 g/mol. The minimum atomic E-state index is -0.00185. The largest absolute Gasteiger partial charge is 0.464 e. The van der Waals surface area contributed by atoms with Gasteiger partial charge in [-0.15, -0.1) is 0 Å². The Hall–Kier alpha value is -3.08. The highest BCUT2D eigenvalue weighted by Crippen LogP contribution is 2.26. The lowest BCUT2D eigenvalue weighted by Crippen LogP contribution is -2.28. The van der Waals surface area contributed by atoms with Gasteiger partial charge in [-0.2, -0.15) is 0 Å². The first-order valence-electron chi connectivity index (χ1n) is 9.19. The molecule has 27 heavy (non-hydrogen) atoms. The lowest BCUT2D eigenvalue weighted by atomic mass is 10.0. The summed E-state index contributed by atoms with van der Waals surface area (Å²) in [6, 6.07) is 12.2. The van der Waals surface area contributed by atoms with Crippen molar-refractivity contribution in [2.24, 2.45) is 0 Å². The zero-order valence-corrected chi connectivity index (χ0v) is 15.9. The average molecular weight is 361 g/mol. The van der Waals surface area contributed by atoms with E-state index in [1.807, 2.05) is 38.1 Å². The van der Waals surface area contributed by atoms with E-state index in [1.54, 1.807) is 6.26 Å². The van der Waals surface area contributed by atoms with Crippen molar-refractivity contribution in [3.05, 3.63) is 65.2 Å². The highest BCUT2D eigenvalue weighted by molar-refractivity contribution is 5.89. The average Bonchev–Trinajstić information content (AvgIpc) is 3.20. The Balaban J connectivity index is 1.42. The summed E-state index contributed by atoms with van der Waals surface area (Å²) < 4.78 is 7.83. The third-order valence-electron chi connectivity index (χ3n) is 5.20. The summed E-state index contributed by atoms with van der Waals surface area (Å²) in [5.74, 6) is 0.954. The summed E-state index contributed by atoms with van der Waals surface area (Å²) in [5, 5.41) is 4.03. The number of nitrogens with zero attached hydrogens (tertiary/aromatic N) is 2. The molecule has 0 unspecified atom stereocenters. The first kappa shape index (κ1) is 17.3. The summed E-state index contributed by atoms with van der Waals surface area (Å²) in [6.07, 6.45) is 2.02. The molecule has 2 heterocycles. The Kier molecular flexibility index (Phi) is 4.44. The molecule has 4 rings (SSSR count). The molecule has 1 amide bonds. The maximum Gasteiger partial charge on any atom is 0.224 e. The van der Waals surface area contributed by atoms with Gasteiger partial charge in [-0.1, -0.05) is 24.3 Å². The maximum atomic E-state index is 12.4. The Morgan fingerprint density at radius 1 is 1.15 bits per heavy atom. The third kappa shape index (κ3) is 3.21. The van der Waals surface area contributed by atoms with Crippen molar-refractivity contribution >= 4 is 27.9 Å². The Labute approximate surface area is 158 Å². The zero-order chi connectivity index (χ0) is 19.0. The van der Waals surface area contributed by atoms with E-state index in [-0.39, 0.29) is 5.91 Å². The van der Waals surface area contributed by atoms with Crippen molar-refractivity contribution in [2.75, 3.05) is 6.54 Å². The molecule has 1 N–H and O–H groups in total. The van der Waals surface area contributed by atoms with Crippen molar-refractivity contribution < 1.29 is 9.21 Å². The smallest absolute Gasteiger partial charge is 0.224 e. The SMILES string of the molecule is Cc1ccc2c(CC(=O)NCCn3c(C)nc4ccccc43)coc2c1C. The van der Waals surface area contributed by atoms with E-state index in [9.17, 15) is 4.79 Å². The number of hydrogen-bond donors (Lipinski definition) is 1. The lowest BCUT2D eigenvalue weighted by molar-refractivity contribution is -0.120. The summed E-state index contributed by atoms with van der Waals surface area (Å²) in [7, 11) is 0. The normalized spacial score (nSPS) is 11.4. The molecular weight excluding hydrogens is 338 g/mol. The first-order chi connectivity index (χ1) is 13.0. The van der Waals surface area contributed by atoms with Gasteiger partial charge < -0.3 is 14.3 Å².